The van der Waals surface area contributed by atoms with Crippen LogP contribution in [0.2, 0.25) is 5.02 Å². The van der Waals surface area contributed by atoms with Crippen LogP contribution in [0.1, 0.15) is 25.3 Å². The molecule has 1 nitrogen and oxygen atoms in total. The smallest absolute Gasteiger partial charge is 0.128 e. The Bertz CT molecular complexity index is 389. The highest BCUT2D eigenvalue weighted by Gasteiger charge is 2.57. The van der Waals surface area contributed by atoms with Gasteiger partial charge in [0.2, 0.25) is 0 Å². The molecule has 0 radical (unpaired) electrons. The third-order valence-corrected chi connectivity index (χ3v) is 3.84. The standard InChI is InChI=1S/C12H15ClFN/c1-12(2)9(6-15)11(12)8-4-3-7(13)5-10(8)14/h3-5,9,11H,6,15H2,1-2H3/t9-,11-/m0/s1. The fourth-order valence-corrected chi connectivity index (χ4v) is 2.71. The first-order chi connectivity index (χ1) is 6.98. The highest BCUT2D eigenvalue weighted by atomic mass is 35.5. The van der Waals surface area contributed by atoms with Crippen molar-refractivity contribution >= 4 is 11.6 Å². The first kappa shape index (κ1) is 10.9. The molecule has 1 fully saturated rings. The molecule has 0 heterocycles. The monoisotopic (exact) mass is 227 g/mol. The quantitative estimate of drug-likeness (QED) is 0.825. The van der Waals surface area contributed by atoms with Gasteiger partial charge in [0.25, 0.3) is 0 Å². The number of halogens is 2. The second-order valence-electron chi connectivity index (χ2n) is 4.81. The summed E-state index contributed by atoms with van der Waals surface area (Å²) in [6.45, 7) is 4.87. The van der Waals surface area contributed by atoms with E-state index in [1.165, 1.54) is 6.07 Å². The molecule has 2 rings (SSSR count). The minimum Gasteiger partial charge on any atom is -0.330 e. The van der Waals surface area contributed by atoms with E-state index in [-0.39, 0.29) is 17.2 Å². The first-order valence-electron chi connectivity index (χ1n) is 5.13. The molecule has 1 aromatic carbocycles. The van der Waals surface area contributed by atoms with Crippen LogP contribution in [-0.4, -0.2) is 6.54 Å². The van der Waals surface area contributed by atoms with Crippen molar-refractivity contribution in [3.63, 3.8) is 0 Å². The van der Waals surface area contributed by atoms with Gasteiger partial charge in [-0.25, -0.2) is 4.39 Å². The predicted molar refractivity (Wildman–Crippen MR) is 60.5 cm³/mol. The van der Waals surface area contributed by atoms with Gasteiger partial charge in [-0.1, -0.05) is 31.5 Å². The summed E-state index contributed by atoms with van der Waals surface area (Å²) >= 11 is 5.72. The molecule has 1 saturated carbocycles. The topological polar surface area (TPSA) is 26.0 Å². The lowest BCUT2D eigenvalue weighted by atomic mass is 10.0. The Morgan fingerprint density at radius 3 is 2.60 bits per heavy atom. The van der Waals surface area contributed by atoms with Crippen LogP contribution in [-0.2, 0) is 0 Å². The Labute approximate surface area is 94.4 Å². The molecule has 0 bridgehead atoms. The highest BCUT2D eigenvalue weighted by Crippen LogP contribution is 2.64. The molecule has 0 spiro atoms. The zero-order chi connectivity index (χ0) is 11.2. The maximum atomic E-state index is 13.7. The van der Waals surface area contributed by atoms with Crippen LogP contribution in [0.4, 0.5) is 4.39 Å². The van der Waals surface area contributed by atoms with Crippen molar-refractivity contribution in [2.24, 2.45) is 17.1 Å². The molecule has 0 aliphatic heterocycles. The lowest BCUT2D eigenvalue weighted by Gasteiger charge is -2.04. The van der Waals surface area contributed by atoms with E-state index in [9.17, 15) is 4.39 Å². The molecule has 2 atom stereocenters. The lowest BCUT2D eigenvalue weighted by Crippen LogP contribution is -2.05. The lowest BCUT2D eigenvalue weighted by molar-refractivity contribution is 0.551. The van der Waals surface area contributed by atoms with Crippen LogP contribution in [0.25, 0.3) is 0 Å². The van der Waals surface area contributed by atoms with Crippen molar-refractivity contribution in [1.82, 2.24) is 0 Å². The van der Waals surface area contributed by atoms with Gasteiger partial charge in [-0.3, -0.25) is 0 Å². The van der Waals surface area contributed by atoms with Crippen molar-refractivity contribution in [3.8, 4) is 0 Å². The average molecular weight is 228 g/mol. The van der Waals surface area contributed by atoms with Gasteiger partial charge in [-0.15, -0.1) is 0 Å². The molecular formula is C12H15ClFN. The predicted octanol–water partition coefficient (Wildman–Crippen LogP) is 3.18. The number of hydrogen-bond donors (Lipinski definition) is 1. The molecule has 1 aliphatic rings. The van der Waals surface area contributed by atoms with E-state index < -0.39 is 0 Å². The van der Waals surface area contributed by atoms with E-state index in [2.05, 4.69) is 13.8 Å². The van der Waals surface area contributed by atoms with Gasteiger partial charge in [0.05, 0.1) is 0 Å². The average Bonchev–Trinajstić information content (AvgIpc) is 2.68. The molecule has 2 N–H and O–H groups in total. The second kappa shape index (κ2) is 3.46. The van der Waals surface area contributed by atoms with Crippen molar-refractivity contribution < 1.29 is 4.39 Å². The fourth-order valence-electron chi connectivity index (χ4n) is 2.56. The summed E-state index contributed by atoms with van der Waals surface area (Å²) < 4.78 is 13.7. The van der Waals surface area contributed by atoms with Crippen LogP contribution in [0.3, 0.4) is 0 Å². The Morgan fingerprint density at radius 1 is 1.47 bits per heavy atom. The van der Waals surface area contributed by atoms with E-state index in [1.54, 1.807) is 12.1 Å². The number of benzene rings is 1. The molecule has 1 aliphatic carbocycles. The van der Waals surface area contributed by atoms with Gasteiger partial charge in [-0.2, -0.15) is 0 Å². The van der Waals surface area contributed by atoms with Crippen molar-refractivity contribution in [2.75, 3.05) is 6.54 Å². The van der Waals surface area contributed by atoms with Gasteiger partial charge >= 0.3 is 0 Å². The first-order valence-corrected chi connectivity index (χ1v) is 5.51. The third kappa shape index (κ3) is 1.66. The van der Waals surface area contributed by atoms with E-state index in [4.69, 9.17) is 17.3 Å². The highest BCUT2D eigenvalue weighted by molar-refractivity contribution is 6.30. The van der Waals surface area contributed by atoms with Crippen LogP contribution in [0.5, 0.6) is 0 Å². The molecule has 0 unspecified atom stereocenters. The second-order valence-corrected chi connectivity index (χ2v) is 5.24. The number of hydrogen-bond acceptors (Lipinski definition) is 1. The van der Waals surface area contributed by atoms with E-state index in [1.807, 2.05) is 0 Å². The summed E-state index contributed by atoms with van der Waals surface area (Å²) in [6, 6.07) is 4.89. The maximum Gasteiger partial charge on any atom is 0.128 e. The largest absolute Gasteiger partial charge is 0.330 e. The van der Waals surface area contributed by atoms with Gasteiger partial charge in [0.15, 0.2) is 0 Å². The Hall–Kier alpha value is -0.600. The molecule has 0 aromatic heterocycles. The van der Waals surface area contributed by atoms with E-state index in [0.717, 1.165) is 5.56 Å². The van der Waals surface area contributed by atoms with Gasteiger partial charge < -0.3 is 5.73 Å². The van der Waals surface area contributed by atoms with Crippen LogP contribution < -0.4 is 5.73 Å². The third-order valence-electron chi connectivity index (χ3n) is 3.60. The van der Waals surface area contributed by atoms with Crippen LogP contribution in [0.15, 0.2) is 18.2 Å². The molecule has 15 heavy (non-hydrogen) atoms. The van der Waals surface area contributed by atoms with Crippen LogP contribution in [0, 0.1) is 17.2 Å². The summed E-state index contributed by atoms with van der Waals surface area (Å²) in [7, 11) is 0. The molecular weight excluding hydrogens is 213 g/mol. The van der Waals surface area contributed by atoms with Crippen molar-refractivity contribution in [3.05, 3.63) is 34.6 Å². The van der Waals surface area contributed by atoms with Crippen LogP contribution >= 0.6 is 11.6 Å². The molecule has 1 aromatic rings. The maximum absolute atomic E-state index is 13.7. The molecule has 82 valence electrons. The summed E-state index contributed by atoms with van der Waals surface area (Å²) in [6.07, 6.45) is 0. The number of rotatable bonds is 2. The Kier molecular flexibility index (Phi) is 2.52. The minimum atomic E-state index is -0.212. The van der Waals surface area contributed by atoms with Crippen molar-refractivity contribution in [2.45, 2.75) is 19.8 Å². The summed E-state index contributed by atoms with van der Waals surface area (Å²) in [5.74, 6) is 0.407. The molecule has 3 heteroatoms. The van der Waals surface area contributed by atoms with E-state index >= 15 is 0 Å². The number of nitrogens with two attached hydrogens (primary N) is 1. The summed E-state index contributed by atoms with van der Waals surface area (Å²) in [4.78, 5) is 0. The molecule has 0 saturated heterocycles. The normalized spacial score (nSPS) is 27.8. The minimum absolute atomic E-state index is 0.115. The zero-order valence-corrected chi connectivity index (χ0v) is 9.68. The Morgan fingerprint density at radius 2 is 2.13 bits per heavy atom. The molecule has 0 amide bonds. The van der Waals surface area contributed by atoms with Crippen molar-refractivity contribution in [1.29, 1.82) is 0 Å². The van der Waals surface area contributed by atoms with Gasteiger partial charge in [0.1, 0.15) is 5.82 Å². The Balaban J connectivity index is 2.33. The van der Waals surface area contributed by atoms with E-state index in [0.29, 0.717) is 17.5 Å². The SMILES string of the molecule is CC1(C)[C@@H](CN)[C@@H]1c1ccc(Cl)cc1F. The van der Waals surface area contributed by atoms with Gasteiger partial charge in [0, 0.05) is 5.02 Å². The summed E-state index contributed by atoms with van der Waals surface area (Å²) in [5, 5.41) is 0.444. The van der Waals surface area contributed by atoms with Gasteiger partial charge in [-0.05, 0) is 41.5 Å². The zero-order valence-electron chi connectivity index (χ0n) is 8.93. The fraction of sp³-hybridized carbons (Fsp3) is 0.500. The summed E-state index contributed by atoms with van der Waals surface area (Å²) in [5.41, 5.74) is 6.53.